The number of sulfonamides is 1. The highest BCUT2D eigenvalue weighted by Crippen LogP contribution is 2.25. The van der Waals surface area contributed by atoms with Gasteiger partial charge < -0.3 is 5.73 Å². The van der Waals surface area contributed by atoms with Crippen LogP contribution < -0.4 is 10.5 Å². The van der Waals surface area contributed by atoms with E-state index in [4.69, 9.17) is 5.73 Å². The van der Waals surface area contributed by atoms with Crippen molar-refractivity contribution in [2.45, 2.75) is 23.4 Å². The average Bonchev–Trinajstić information content (AvgIpc) is 2.93. The summed E-state index contributed by atoms with van der Waals surface area (Å²) in [6.45, 7) is 0. The average molecular weight is 275 g/mol. The van der Waals surface area contributed by atoms with Crippen LogP contribution in [-0.4, -0.2) is 25.4 Å². The lowest BCUT2D eigenvalue weighted by Crippen LogP contribution is -2.30. The highest BCUT2D eigenvalue weighted by Gasteiger charge is 2.38. The molecule has 1 aromatic rings. The fourth-order valence-electron chi connectivity index (χ4n) is 1.42. The number of non-ortho nitro benzene ring substituents is 1. The van der Waals surface area contributed by atoms with E-state index in [1.54, 1.807) is 0 Å². The van der Waals surface area contributed by atoms with Gasteiger partial charge in [-0.3, -0.25) is 10.1 Å². The fourth-order valence-corrected chi connectivity index (χ4v) is 2.82. The summed E-state index contributed by atoms with van der Waals surface area (Å²) in [5.41, 5.74) is 4.95. The van der Waals surface area contributed by atoms with Gasteiger partial charge in [-0.2, -0.15) is 0 Å². The highest BCUT2D eigenvalue weighted by molar-refractivity contribution is 7.89. The largest absolute Gasteiger partial charge is 0.326 e. The minimum absolute atomic E-state index is 0.290. The minimum Gasteiger partial charge on any atom is -0.326 e. The van der Waals surface area contributed by atoms with E-state index in [-0.39, 0.29) is 6.04 Å². The van der Waals surface area contributed by atoms with Crippen molar-refractivity contribution in [1.82, 2.24) is 4.72 Å². The molecule has 0 amide bonds. The Morgan fingerprint density at radius 1 is 1.50 bits per heavy atom. The van der Waals surface area contributed by atoms with Gasteiger partial charge in [0.15, 0.2) is 0 Å². The summed E-state index contributed by atoms with van der Waals surface area (Å²) in [5, 5.41) is 10.5. The van der Waals surface area contributed by atoms with Crippen molar-refractivity contribution >= 4 is 15.7 Å². The van der Waals surface area contributed by atoms with Gasteiger partial charge in [-0.25, -0.2) is 17.5 Å². The number of nitrogens with zero attached hydrogens (tertiary/aromatic N) is 1. The van der Waals surface area contributed by atoms with Crippen LogP contribution in [0.4, 0.5) is 10.1 Å². The third kappa shape index (κ3) is 2.47. The molecule has 0 aromatic heterocycles. The predicted octanol–water partition coefficient (Wildman–Crippen LogP) is 0.112. The Morgan fingerprint density at radius 3 is 2.61 bits per heavy atom. The summed E-state index contributed by atoms with van der Waals surface area (Å²) in [7, 11) is -4.13. The first-order valence-corrected chi connectivity index (χ1v) is 6.51. The lowest BCUT2D eigenvalue weighted by atomic mass is 10.3. The number of nitro groups is 1. The van der Waals surface area contributed by atoms with Crippen molar-refractivity contribution in [2.24, 2.45) is 5.73 Å². The molecule has 1 aromatic carbocycles. The summed E-state index contributed by atoms with van der Waals surface area (Å²) < 4.78 is 39.2. The Labute approximate surface area is 102 Å². The van der Waals surface area contributed by atoms with Gasteiger partial charge in [0.1, 0.15) is 10.7 Å². The molecule has 0 radical (unpaired) electrons. The van der Waals surface area contributed by atoms with Gasteiger partial charge in [0.25, 0.3) is 5.69 Å². The summed E-state index contributed by atoms with van der Waals surface area (Å²) in [4.78, 5) is 9.00. The van der Waals surface area contributed by atoms with E-state index in [0.717, 1.165) is 12.1 Å². The van der Waals surface area contributed by atoms with E-state index in [1.165, 1.54) is 0 Å². The van der Waals surface area contributed by atoms with Crippen LogP contribution in [-0.2, 0) is 10.0 Å². The summed E-state index contributed by atoms with van der Waals surface area (Å²) in [6, 6.07) is 1.61. The van der Waals surface area contributed by atoms with Crippen LogP contribution in [0.2, 0.25) is 0 Å². The SMILES string of the molecule is NC1CC1NS(=O)(=O)c1cc([N+](=O)[O-])ccc1F. The Kier molecular flexibility index (Phi) is 3.05. The van der Waals surface area contributed by atoms with Gasteiger partial charge in [0.05, 0.1) is 4.92 Å². The first-order valence-electron chi connectivity index (χ1n) is 5.03. The van der Waals surface area contributed by atoms with Crippen LogP contribution in [0.1, 0.15) is 6.42 Å². The van der Waals surface area contributed by atoms with Crippen LogP contribution in [0.3, 0.4) is 0 Å². The predicted molar refractivity (Wildman–Crippen MR) is 59.8 cm³/mol. The van der Waals surface area contributed by atoms with Crippen molar-refractivity contribution in [3.63, 3.8) is 0 Å². The van der Waals surface area contributed by atoms with Crippen LogP contribution in [0, 0.1) is 15.9 Å². The maximum absolute atomic E-state index is 13.4. The zero-order valence-corrected chi connectivity index (χ0v) is 9.85. The Balaban J connectivity index is 2.36. The maximum Gasteiger partial charge on any atom is 0.270 e. The summed E-state index contributed by atoms with van der Waals surface area (Å²) in [5.74, 6) is -1.04. The zero-order chi connectivity index (χ0) is 13.5. The van der Waals surface area contributed by atoms with Crippen LogP contribution in [0.5, 0.6) is 0 Å². The molecule has 0 saturated heterocycles. The molecular formula is C9H10FN3O4S. The minimum atomic E-state index is -4.13. The first-order chi connectivity index (χ1) is 8.31. The summed E-state index contributed by atoms with van der Waals surface area (Å²) in [6.07, 6.45) is 0.468. The van der Waals surface area contributed by atoms with Gasteiger partial charge >= 0.3 is 0 Å². The van der Waals surface area contributed by atoms with Gasteiger partial charge in [-0.05, 0) is 12.5 Å². The third-order valence-electron chi connectivity index (χ3n) is 2.56. The van der Waals surface area contributed by atoms with Crippen LogP contribution >= 0.6 is 0 Å². The normalized spacial score (nSPS) is 22.8. The standard InChI is InChI=1S/C9H10FN3O4S/c10-6-2-1-5(13(14)15)3-9(6)18(16,17)12-8-4-7(8)11/h1-3,7-8,12H,4,11H2. The molecule has 1 aliphatic carbocycles. The van der Waals surface area contributed by atoms with Crippen LogP contribution in [0.15, 0.2) is 23.1 Å². The van der Waals surface area contributed by atoms with Crippen LogP contribution in [0.25, 0.3) is 0 Å². The molecule has 2 unspecified atom stereocenters. The Morgan fingerprint density at radius 2 is 2.11 bits per heavy atom. The number of hydrogen-bond donors (Lipinski definition) is 2. The van der Waals surface area contributed by atoms with E-state index < -0.39 is 37.4 Å². The molecule has 0 heterocycles. The number of nitrogens with two attached hydrogens (primary N) is 1. The number of nitrogens with one attached hydrogen (secondary N) is 1. The molecule has 7 nitrogen and oxygen atoms in total. The summed E-state index contributed by atoms with van der Waals surface area (Å²) >= 11 is 0. The quantitative estimate of drug-likeness (QED) is 0.597. The van der Waals surface area contributed by atoms with Gasteiger partial charge in [-0.15, -0.1) is 0 Å². The molecule has 18 heavy (non-hydrogen) atoms. The second kappa shape index (κ2) is 4.26. The molecule has 1 aliphatic rings. The van der Waals surface area contributed by atoms with Gasteiger partial charge in [-0.1, -0.05) is 0 Å². The third-order valence-corrected chi connectivity index (χ3v) is 4.07. The molecule has 3 N–H and O–H groups in total. The topological polar surface area (TPSA) is 115 Å². The molecule has 0 spiro atoms. The molecule has 1 fully saturated rings. The lowest BCUT2D eigenvalue weighted by Gasteiger charge is -2.06. The zero-order valence-electron chi connectivity index (χ0n) is 9.04. The molecule has 98 valence electrons. The van der Waals surface area contributed by atoms with E-state index in [1.807, 2.05) is 0 Å². The smallest absolute Gasteiger partial charge is 0.270 e. The van der Waals surface area contributed by atoms with Gasteiger partial charge in [0.2, 0.25) is 10.0 Å². The monoisotopic (exact) mass is 275 g/mol. The fraction of sp³-hybridized carbons (Fsp3) is 0.333. The van der Waals surface area contributed by atoms with E-state index in [0.29, 0.717) is 12.5 Å². The molecule has 2 atom stereocenters. The number of hydrogen-bond acceptors (Lipinski definition) is 5. The van der Waals surface area contributed by atoms with E-state index in [9.17, 15) is 22.9 Å². The highest BCUT2D eigenvalue weighted by atomic mass is 32.2. The maximum atomic E-state index is 13.4. The molecule has 1 saturated carbocycles. The molecule has 0 aliphatic heterocycles. The number of benzene rings is 1. The second-order valence-electron chi connectivity index (χ2n) is 4.00. The molecule has 9 heteroatoms. The number of nitro benzene ring substituents is 1. The van der Waals surface area contributed by atoms with E-state index in [2.05, 4.69) is 4.72 Å². The second-order valence-corrected chi connectivity index (χ2v) is 5.68. The molecule has 2 rings (SSSR count). The number of halogens is 1. The number of rotatable bonds is 4. The van der Waals surface area contributed by atoms with Gasteiger partial charge in [0, 0.05) is 24.2 Å². The van der Waals surface area contributed by atoms with E-state index >= 15 is 0 Å². The first kappa shape index (κ1) is 12.9. The lowest BCUT2D eigenvalue weighted by molar-refractivity contribution is -0.385. The molecule has 0 bridgehead atoms. The Bertz CT molecular complexity index is 604. The van der Waals surface area contributed by atoms with Crippen molar-refractivity contribution in [3.8, 4) is 0 Å². The van der Waals surface area contributed by atoms with Crippen molar-refractivity contribution < 1.29 is 17.7 Å². The van der Waals surface area contributed by atoms with Crippen molar-refractivity contribution in [3.05, 3.63) is 34.1 Å². The van der Waals surface area contributed by atoms with Crippen molar-refractivity contribution in [1.29, 1.82) is 0 Å². The van der Waals surface area contributed by atoms with Crippen molar-refractivity contribution in [2.75, 3.05) is 0 Å². The molecular weight excluding hydrogens is 265 g/mol. The Hall–Kier alpha value is -1.58.